The number of ketones is 2. The molecule has 0 spiro atoms. The number of nitrogens with zero attached hydrogens (tertiary/aromatic N) is 6. The second kappa shape index (κ2) is 11.9. The van der Waals surface area contributed by atoms with Gasteiger partial charge < -0.3 is 9.80 Å². The second-order valence-electron chi connectivity index (χ2n) is 10.2. The smallest absolute Gasteiger partial charge is 0.177 e. The van der Waals surface area contributed by atoms with E-state index in [4.69, 9.17) is 9.97 Å². The van der Waals surface area contributed by atoms with E-state index in [1.165, 1.54) is 6.07 Å². The molecule has 0 radical (unpaired) electrons. The summed E-state index contributed by atoms with van der Waals surface area (Å²) in [7, 11) is 0. The van der Waals surface area contributed by atoms with E-state index >= 15 is 0 Å². The molecule has 5 heterocycles. The van der Waals surface area contributed by atoms with E-state index in [0.717, 1.165) is 37.3 Å². The van der Waals surface area contributed by atoms with Crippen LogP contribution in [-0.2, 0) is 4.79 Å². The number of thiophene rings is 1. The zero-order valence-electron chi connectivity index (χ0n) is 23.4. The molecule has 5 rings (SSSR count). The number of pyridine rings is 1. The summed E-state index contributed by atoms with van der Waals surface area (Å²) in [6.45, 7) is 10.9. The minimum atomic E-state index is -0.274. The molecule has 0 aliphatic carbocycles. The highest BCUT2D eigenvalue weighted by Gasteiger charge is 2.34. The van der Waals surface area contributed by atoms with Gasteiger partial charge in [0.25, 0.3) is 0 Å². The Morgan fingerprint density at radius 2 is 1.93 bits per heavy atom. The van der Waals surface area contributed by atoms with Gasteiger partial charge in [0.2, 0.25) is 0 Å². The van der Waals surface area contributed by atoms with Crippen molar-refractivity contribution >= 4 is 34.4 Å². The number of halogens is 1. The number of hydrogen-bond donors (Lipinski definition) is 0. The molecule has 210 valence electrons. The minimum Gasteiger partial charge on any atom is -0.346 e. The quantitative estimate of drug-likeness (QED) is 0.199. The van der Waals surface area contributed by atoms with Crippen molar-refractivity contribution in [1.29, 1.82) is 0 Å². The van der Waals surface area contributed by atoms with Crippen LogP contribution < -0.4 is 4.90 Å². The second-order valence-corrected chi connectivity index (χ2v) is 11.2. The lowest BCUT2D eigenvalue weighted by Gasteiger charge is -2.41. The molecule has 4 aromatic rings. The first kappa shape index (κ1) is 28.0. The van der Waals surface area contributed by atoms with E-state index in [1.54, 1.807) is 35.1 Å². The van der Waals surface area contributed by atoms with Crippen LogP contribution in [-0.4, -0.2) is 67.8 Å². The molecule has 0 bridgehead atoms. The first-order valence-electron chi connectivity index (χ1n) is 14.0. The van der Waals surface area contributed by atoms with E-state index in [2.05, 4.69) is 30.8 Å². The Balaban J connectivity index is 1.53. The summed E-state index contributed by atoms with van der Waals surface area (Å²) < 4.78 is 15.4. The number of hydrogen-bond acceptors (Lipinski definition) is 8. The summed E-state index contributed by atoms with van der Waals surface area (Å²) in [6.07, 6.45) is 5.89. The summed E-state index contributed by atoms with van der Waals surface area (Å²) in [5.74, 6) is 0.832. The molecule has 8 nitrogen and oxygen atoms in total. The van der Waals surface area contributed by atoms with Crippen molar-refractivity contribution in [3.8, 4) is 21.8 Å². The van der Waals surface area contributed by atoms with E-state index < -0.39 is 0 Å². The maximum absolute atomic E-state index is 13.7. The number of fused-ring (bicyclic) bond motifs is 1. The van der Waals surface area contributed by atoms with Gasteiger partial charge in [0.05, 0.1) is 34.1 Å². The third-order valence-electron chi connectivity index (χ3n) is 7.86. The van der Waals surface area contributed by atoms with Gasteiger partial charge in [0.1, 0.15) is 5.82 Å². The predicted octanol–water partition coefficient (Wildman–Crippen LogP) is 5.91. The molecule has 0 saturated carbocycles. The average Bonchev–Trinajstić information content (AvgIpc) is 3.57. The van der Waals surface area contributed by atoms with E-state index in [9.17, 15) is 14.0 Å². The van der Waals surface area contributed by atoms with Crippen molar-refractivity contribution in [3.63, 3.8) is 0 Å². The molecule has 10 heteroatoms. The van der Waals surface area contributed by atoms with Gasteiger partial charge in [-0.15, -0.1) is 11.3 Å². The molecule has 0 unspecified atom stereocenters. The van der Waals surface area contributed by atoms with Crippen molar-refractivity contribution in [2.45, 2.75) is 65.5 Å². The molecule has 1 aliphatic rings. The Bertz CT molecular complexity index is 1530. The Morgan fingerprint density at radius 3 is 2.58 bits per heavy atom. The molecular formula is C30H35FN6O2S. The van der Waals surface area contributed by atoms with Gasteiger partial charge in [-0.1, -0.05) is 20.8 Å². The highest BCUT2D eigenvalue weighted by molar-refractivity contribution is 7.13. The van der Waals surface area contributed by atoms with Crippen molar-refractivity contribution < 1.29 is 14.0 Å². The minimum absolute atomic E-state index is 0.0435. The van der Waals surface area contributed by atoms with Crippen LogP contribution >= 0.6 is 11.3 Å². The molecule has 0 aromatic carbocycles. The largest absolute Gasteiger partial charge is 0.346 e. The average molecular weight is 563 g/mol. The molecule has 0 N–H and O–H groups in total. The maximum Gasteiger partial charge on any atom is 0.177 e. The fourth-order valence-corrected chi connectivity index (χ4v) is 6.05. The molecule has 1 fully saturated rings. The number of anilines is 1. The first-order chi connectivity index (χ1) is 19.3. The van der Waals surface area contributed by atoms with Gasteiger partial charge >= 0.3 is 0 Å². The number of aromatic nitrogens is 4. The number of carbonyl (C=O) groups is 2. The Hall–Kier alpha value is -3.50. The van der Waals surface area contributed by atoms with Crippen molar-refractivity contribution in [1.82, 2.24) is 24.5 Å². The summed E-state index contributed by atoms with van der Waals surface area (Å²) >= 11 is 1.03. The van der Waals surface area contributed by atoms with Crippen molar-refractivity contribution in [3.05, 3.63) is 53.4 Å². The summed E-state index contributed by atoms with van der Waals surface area (Å²) in [6, 6.07) is 8.63. The topological polar surface area (TPSA) is 83.7 Å². The van der Waals surface area contributed by atoms with Crippen LogP contribution in [0.1, 0.15) is 63.7 Å². The molecule has 4 aromatic heterocycles. The normalized spacial score (nSPS) is 15.9. The van der Waals surface area contributed by atoms with Crippen LogP contribution in [0, 0.1) is 5.13 Å². The van der Waals surface area contributed by atoms with Gasteiger partial charge in [-0.3, -0.25) is 9.59 Å². The number of carbonyl (C=O) groups excluding carboxylic acids is 2. The Kier molecular flexibility index (Phi) is 8.37. The highest BCUT2D eigenvalue weighted by atomic mass is 32.1. The molecule has 1 aliphatic heterocycles. The molecule has 1 saturated heterocycles. The van der Waals surface area contributed by atoms with Crippen LogP contribution in [0.5, 0.6) is 0 Å². The van der Waals surface area contributed by atoms with Crippen LogP contribution in [0.4, 0.5) is 10.2 Å². The van der Waals surface area contributed by atoms with Crippen LogP contribution in [0.2, 0.25) is 0 Å². The third kappa shape index (κ3) is 5.55. The first-order valence-corrected chi connectivity index (χ1v) is 14.8. The van der Waals surface area contributed by atoms with Crippen molar-refractivity contribution in [2.75, 3.05) is 24.5 Å². The number of Topliss-reactive ketones (excluding diaryl/α,β-unsaturated/α-hetero) is 2. The SMILES string of the molecule is CCC(=O)[C@@H]1CCN1c1cc(C(=O)CC[C@H](C)N(CC)CC)cc(-c2cnn3ccc(-c4ccc(F)s4)nc23)n1. The van der Waals surface area contributed by atoms with Gasteiger partial charge in [0.15, 0.2) is 22.3 Å². The molecule has 40 heavy (non-hydrogen) atoms. The van der Waals surface area contributed by atoms with Crippen LogP contribution in [0.3, 0.4) is 0 Å². The summed E-state index contributed by atoms with van der Waals surface area (Å²) in [5.41, 5.74) is 3.01. The fourth-order valence-electron chi connectivity index (χ4n) is 5.35. The predicted molar refractivity (Wildman–Crippen MR) is 156 cm³/mol. The van der Waals surface area contributed by atoms with E-state index in [1.807, 2.05) is 17.9 Å². The van der Waals surface area contributed by atoms with Gasteiger partial charge in [0, 0.05) is 37.2 Å². The van der Waals surface area contributed by atoms with E-state index in [-0.39, 0.29) is 22.7 Å². The zero-order chi connectivity index (χ0) is 28.4. The third-order valence-corrected chi connectivity index (χ3v) is 8.76. The maximum atomic E-state index is 13.7. The lowest BCUT2D eigenvalue weighted by atomic mass is 9.96. The van der Waals surface area contributed by atoms with Crippen LogP contribution in [0.15, 0.2) is 42.7 Å². The van der Waals surface area contributed by atoms with E-state index in [0.29, 0.717) is 64.3 Å². The Morgan fingerprint density at radius 1 is 1.12 bits per heavy atom. The fraction of sp³-hybridized carbons (Fsp3) is 0.433. The van der Waals surface area contributed by atoms with Crippen LogP contribution in [0.25, 0.3) is 27.5 Å². The van der Waals surface area contributed by atoms with Gasteiger partial charge in [-0.05, 0) is 63.2 Å². The van der Waals surface area contributed by atoms with Crippen molar-refractivity contribution in [2.24, 2.45) is 0 Å². The van der Waals surface area contributed by atoms with Gasteiger partial charge in [-0.25, -0.2) is 14.5 Å². The summed E-state index contributed by atoms with van der Waals surface area (Å²) in [4.78, 5) is 40.8. The number of rotatable bonds is 12. The molecular weight excluding hydrogens is 527 g/mol. The van der Waals surface area contributed by atoms with Gasteiger partial charge in [-0.2, -0.15) is 9.49 Å². The monoisotopic (exact) mass is 562 g/mol. The highest BCUT2D eigenvalue weighted by Crippen LogP contribution is 2.33. The molecule has 2 atom stereocenters. The standard InChI is InChI=1S/C30H35FN6O2S/c1-5-25(38)24-13-14-36(24)29-17-20(26(39)9-8-19(4)35(6-2)7-3)16-23(33-29)21-18-32-37-15-12-22(34-30(21)37)27-10-11-28(31)40-27/h10-12,15-19,24H,5-9,13-14H2,1-4H3/t19-,24-/m0/s1. The zero-order valence-corrected chi connectivity index (χ0v) is 24.2. The lowest BCUT2D eigenvalue weighted by molar-refractivity contribution is -0.121. The molecule has 0 amide bonds. The lowest BCUT2D eigenvalue weighted by Crippen LogP contribution is -2.52. The Labute approximate surface area is 237 Å². The summed E-state index contributed by atoms with van der Waals surface area (Å²) in [5, 5.41) is 4.18.